The number of nitrogens with one attached hydrogen (secondary N) is 1. The van der Waals surface area contributed by atoms with Crippen LogP contribution in [-0.2, 0) is 4.74 Å². The van der Waals surface area contributed by atoms with Crippen LogP contribution in [0.25, 0.3) is 0 Å². The van der Waals surface area contributed by atoms with Gasteiger partial charge in [0.2, 0.25) is 0 Å². The Balaban J connectivity index is 2.68. The van der Waals surface area contributed by atoms with Gasteiger partial charge in [-0.3, -0.25) is 10.1 Å². The Morgan fingerprint density at radius 1 is 1.59 bits per heavy atom. The topological polar surface area (TPSA) is 111 Å². The molecule has 0 aliphatic heterocycles. The van der Waals surface area contributed by atoms with E-state index in [9.17, 15) is 15.2 Å². The number of hydrogen-bond acceptors (Lipinski definition) is 6. The molecule has 1 atom stereocenters. The van der Waals surface area contributed by atoms with Crippen molar-refractivity contribution in [3.63, 3.8) is 0 Å². The number of nitrogen functional groups attached to an aromatic ring is 1. The molecule has 0 amide bonds. The molecule has 0 aliphatic rings. The van der Waals surface area contributed by atoms with Crippen molar-refractivity contribution in [3.05, 3.63) is 28.3 Å². The fourth-order valence-electron chi connectivity index (χ4n) is 1.33. The third-order valence-corrected chi connectivity index (χ3v) is 2.05. The van der Waals surface area contributed by atoms with Crippen molar-refractivity contribution < 1.29 is 14.8 Å². The first-order valence-corrected chi connectivity index (χ1v) is 4.98. The molecule has 0 radical (unpaired) electrons. The number of aliphatic hydroxyl groups is 1. The number of non-ortho nitro benzene ring substituents is 1. The van der Waals surface area contributed by atoms with Crippen LogP contribution in [0.3, 0.4) is 0 Å². The summed E-state index contributed by atoms with van der Waals surface area (Å²) in [5, 5.41) is 22.9. The summed E-state index contributed by atoms with van der Waals surface area (Å²) in [6.45, 7) is 0.422. The van der Waals surface area contributed by atoms with E-state index in [1.54, 1.807) is 6.07 Å². The van der Waals surface area contributed by atoms with E-state index in [2.05, 4.69) is 5.32 Å². The maximum atomic E-state index is 10.6. The lowest BCUT2D eigenvalue weighted by molar-refractivity contribution is -0.384. The van der Waals surface area contributed by atoms with Crippen molar-refractivity contribution in [1.82, 2.24) is 0 Å². The molecule has 0 bridgehead atoms. The first kappa shape index (κ1) is 13.2. The Bertz CT molecular complexity index is 397. The van der Waals surface area contributed by atoms with E-state index in [0.717, 1.165) is 0 Å². The number of anilines is 2. The quantitative estimate of drug-likeness (QED) is 0.382. The Kier molecular flexibility index (Phi) is 4.68. The molecule has 17 heavy (non-hydrogen) atoms. The zero-order chi connectivity index (χ0) is 12.8. The van der Waals surface area contributed by atoms with Crippen LogP contribution in [0.15, 0.2) is 18.2 Å². The van der Waals surface area contributed by atoms with Gasteiger partial charge in [0.05, 0.1) is 17.6 Å². The Hall–Kier alpha value is -1.86. The van der Waals surface area contributed by atoms with Crippen LogP contribution in [0.2, 0.25) is 0 Å². The highest BCUT2D eigenvalue weighted by Crippen LogP contribution is 2.22. The standard InChI is InChI=1S/C10H15N3O4/c1-17-6-10(14)5-12-8-2-7(11)3-9(4-8)13(15)16/h2-4,10,12,14H,5-6,11H2,1H3. The van der Waals surface area contributed by atoms with Crippen LogP contribution in [0, 0.1) is 10.1 Å². The number of methoxy groups -OCH3 is 1. The van der Waals surface area contributed by atoms with Crippen molar-refractivity contribution in [2.24, 2.45) is 0 Å². The summed E-state index contributed by atoms with van der Waals surface area (Å²) >= 11 is 0. The van der Waals surface area contributed by atoms with Gasteiger partial charge in [0, 0.05) is 37.2 Å². The van der Waals surface area contributed by atoms with Gasteiger partial charge in [0.15, 0.2) is 0 Å². The maximum absolute atomic E-state index is 10.6. The molecule has 7 nitrogen and oxygen atoms in total. The van der Waals surface area contributed by atoms with E-state index in [1.807, 2.05) is 0 Å². The van der Waals surface area contributed by atoms with Gasteiger partial charge in [-0.1, -0.05) is 0 Å². The SMILES string of the molecule is COCC(O)CNc1cc(N)cc([N+](=O)[O-])c1. The highest BCUT2D eigenvalue weighted by atomic mass is 16.6. The lowest BCUT2D eigenvalue weighted by atomic mass is 10.2. The fourth-order valence-corrected chi connectivity index (χ4v) is 1.33. The number of nitrogens with two attached hydrogens (primary N) is 1. The zero-order valence-electron chi connectivity index (χ0n) is 9.42. The van der Waals surface area contributed by atoms with Crippen molar-refractivity contribution in [1.29, 1.82) is 0 Å². The monoisotopic (exact) mass is 241 g/mol. The fraction of sp³-hybridized carbons (Fsp3) is 0.400. The molecule has 1 aromatic rings. The van der Waals surface area contributed by atoms with E-state index in [4.69, 9.17) is 10.5 Å². The summed E-state index contributed by atoms with van der Waals surface area (Å²) in [5.74, 6) is 0. The molecule has 0 saturated carbocycles. The zero-order valence-corrected chi connectivity index (χ0v) is 9.42. The average molecular weight is 241 g/mol. The molecule has 94 valence electrons. The summed E-state index contributed by atoms with van der Waals surface area (Å²) < 4.78 is 4.75. The van der Waals surface area contributed by atoms with Crippen LogP contribution >= 0.6 is 0 Å². The Morgan fingerprint density at radius 2 is 2.29 bits per heavy atom. The molecule has 1 aromatic carbocycles. The van der Waals surface area contributed by atoms with Crippen molar-refractivity contribution in [2.45, 2.75) is 6.10 Å². The minimum Gasteiger partial charge on any atom is -0.398 e. The lowest BCUT2D eigenvalue weighted by Crippen LogP contribution is -2.24. The summed E-state index contributed by atoms with van der Waals surface area (Å²) in [6.07, 6.45) is -0.680. The smallest absolute Gasteiger partial charge is 0.273 e. The van der Waals surface area contributed by atoms with Gasteiger partial charge in [0.1, 0.15) is 0 Å². The minimum atomic E-state index is -0.680. The molecule has 0 saturated heterocycles. The summed E-state index contributed by atoms with van der Waals surface area (Å²) in [4.78, 5) is 10.1. The van der Waals surface area contributed by atoms with Crippen molar-refractivity contribution in [2.75, 3.05) is 31.3 Å². The third-order valence-electron chi connectivity index (χ3n) is 2.05. The number of aliphatic hydroxyl groups excluding tert-OH is 1. The highest BCUT2D eigenvalue weighted by molar-refractivity contribution is 5.61. The second-order valence-electron chi connectivity index (χ2n) is 3.56. The van der Waals surface area contributed by atoms with Crippen LogP contribution in [-0.4, -0.2) is 36.4 Å². The molecule has 4 N–H and O–H groups in total. The van der Waals surface area contributed by atoms with Gasteiger partial charge < -0.3 is 20.9 Å². The highest BCUT2D eigenvalue weighted by Gasteiger charge is 2.09. The number of nitrogens with zero attached hydrogens (tertiary/aromatic N) is 1. The number of hydrogen-bond donors (Lipinski definition) is 3. The van der Waals surface area contributed by atoms with E-state index in [-0.39, 0.29) is 18.8 Å². The number of rotatable bonds is 6. The summed E-state index contributed by atoms with van der Waals surface area (Å²) in [5.41, 5.74) is 6.23. The van der Waals surface area contributed by atoms with Crippen molar-refractivity contribution in [3.8, 4) is 0 Å². The first-order chi connectivity index (χ1) is 8.02. The molecule has 0 aliphatic carbocycles. The normalized spacial score (nSPS) is 12.1. The summed E-state index contributed by atoms with van der Waals surface area (Å²) in [6, 6.07) is 4.19. The van der Waals surface area contributed by atoms with E-state index >= 15 is 0 Å². The summed E-state index contributed by atoms with van der Waals surface area (Å²) in [7, 11) is 1.48. The second kappa shape index (κ2) is 6.02. The predicted molar refractivity (Wildman–Crippen MR) is 63.9 cm³/mol. The maximum Gasteiger partial charge on any atom is 0.273 e. The molecular weight excluding hydrogens is 226 g/mol. The number of nitro benzene ring substituents is 1. The molecule has 7 heteroatoms. The number of ether oxygens (including phenoxy) is 1. The van der Waals surface area contributed by atoms with Crippen molar-refractivity contribution >= 4 is 17.1 Å². The third kappa shape index (κ3) is 4.25. The average Bonchev–Trinajstić information content (AvgIpc) is 2.26. The molecule has 0 spiro atoms. The Labute approximate surface area is 98.3 Å². The van der Waals surface area contributed by atoms with Crippen LogP contribution < -0.4 is 11.1 Å². The first-order valence-electron chi connectivity index (χ1n) is 4.98. The van der Waals surface area contributed by atoms with Gasteiger partial charge in [0.25, 0.3) is 5.69 Å². The lowest BCUT2D eigenvalue weighted by Gasteiger charge is -2.12. The van der Waals surface area contributed by atoms with Crippen LogP contribution in [0.1, 0.15) is 0 Å². The molecular formula is C10H15N3O4. The van der Waals surface area contributed by atoms with Crippen LogP contribution in [0.4, 0.5) is 17.1 Å². The van der Waals surface area contributed by atoms with Gasteiger partial charge in [-0.25, -0.2) is 0 Å². The molecule has 0 heterocycles. The molecule has 1 unspecified atom stereocenters. The largest absolute Gasteiger partial charge is 0.398 e. The van der Waals surface area contributed by atoms with Gasteiger partial charge >= 0.3 is 0 Å². The van der Waals surface area contributed by atoms with Gasteiger partial charge in [-0.15, -0.1) is 0 Å². The van der Waals surface area contributed by atoms with E-state index in [0.29, 0.717) is 11.4 Å². The molecule has 1 rings (SSSR count). The molecule has 0 fully saturated rings. The van der Waals surface area contributed by atoms with Gasteiger partial charge in [-0.05, 0) is 6.07 Å². The predicted octanol–water partition coefficient (Wildman–Crippen LogP) is 0.596. The Morgan fingerprint density at radius 3 is 2.88 bits per heavy atom. The van der Waals surface area contributed by atoms with E-state index in [1.165, 1.54) is 19.2 Å². The van der Waals surface area contributed by atoms with Crippen LogP contribution in [0.5, 0.6) is 0 Å². The molecule has 0 aromatic heterocycles. The minimum absolute atomic E-state index is 0.0891. The number of nitro groups is 1. The van der Waals surface area contributed by atoms with Gasteiger partial charge in [-0.2, -0.15) is 0 Å². The second-order valence-corrected chi connectivity index (χ2v) is 3.56. The number of benzene rings is 1. The van der Waals surface area contributed by atoms with E-state index < -0.39 is 11.0 Å².